The highest BCUT2D eigenvalue weighted by molar-refractivity contribution is 6.24. The fourth-order valence-corrected chi connectivity index (χ4v) is 5.72. The zero-order valence-corrected chi connectivity index (χ0v) is 15.8. The number of amides is 2. The molecule has 2 atom stereocenters. The Morgan fingerprint density at radius 3 is 1.50 bits per heavy atom. The van der Waals surface area contributed by atoms with Crippen molar-refractivity contribution < 1.29 is 14.5 Å². The molecule has 3 aromatic carbocycles. The van der Waals surface area contributed by atoms with Gasteiger partial charge in [0.25, 0.3) is 5.69 Å². The number of carbonyl (C=O) groups is 2. The van der Waals surface area contributed by atoms with E-state index in [1.165, 1.54) is 18.2 Å². The van der Waals surface area contributed by atoms with E-state index < -0.39 is 16.8 Å². The number of anilines is 1. The number of hydrogen-bond acceptors (Lipinski definition) is 4. The highest BCUT2D eigenvalue weighted by Crippen LogP contribution is 2.61. The second-order valence-corrected chi connectivity index (χ2v) is 8.02. The molecule has 7 rings (SSSR count). The largest absolute Gasteiger partial charge is 0.293 e. The van der Waals surface area contributed by atoms with E-state index in [1.54, 1.807) is 6.07 Å². The molecular weight excluding hydrogens is 380 g/mol. The first-order valence-corrected chi connectivity index (χ1v) is 9.88. The number of carbonyl (C=O) groups excluding carboxylic acids is 2. The zero-order chi connectivity index (χ0) is 20.6. The molecule has 3 aromatic rings. The van der Waals surface area contributed by atoms with Gasteiger partial charge in [-0.2, -0.15) is 0 Å². The average Bonchev–Trinajstić information content (AvgIpc) is 3.04. The van der Waals surface area contributed by atoms with Crippen molar-refractivity contribution in [1.29, 1.82) is 0 Å². The number of hydrogen-bond donors (Lipinski definition) is 0. The molecule has 1 fully saturated rings. The minimum absolute atomic E-state index is 0.0550. The van der Waals surface area contributed by atoms with Gasteiger partial charge in [-0.25, -0.2) is 4.90 Å². The quantitative estimate of drug-likeness (QED) is 0.373. The van der Waals surface area contributed by atoms with Crippen molar-refractivity contribution in [3.8, 4) is 0 Å². The summed E-state index contributed by atoms with van der Waals surface area (Å²) >= 11 is 0. The van der Waals surface area contributed by atoms with Crippen molar-refractivity contribution in [2.24, 2.45) is 11.8 Å². The fourth-order valence-electron chi connectivity index (χ4n) is 5.72. The molecule has 0 unspecified atom stereocenters. The standard InChI is InChI=1S/C24H16N2O4/c27-23-21-19-13-7-1-2-8-14(13)20(16-10-4-3-9-15(16)19)22(21)24(28)25(23)17-11-5-6-12-18(17)26(29)30/h1-12,19-22H/t19?,20?,21-,22+. The van der Waals surface area contributed by atoms with E-state index in [0.717, 1.165) is 27.2 Å². The maximum atomic E-state index is 13.6. The van der Waals surface area contributed by atoms with Gasteiger partial charge >= 0.3 is 0 Å². The lowest BCUT2D eigenvalue weighted by Gasteiger charge is -2.45. The lowest BCUT2D eigenvalue weighted by Crippen LogP contribution is -2.41. The molecule has 0 N–H and O–H groups in total. The first-order chi connectivity index (χ1) is 14.6. The highest BCUT2D eigenvalue weighted by Gasteiger charge is 2.62. The maximum absolute atomic E-state index is 13.6. The lowest BCUT2D eigenvalue weighted by molar-refractivity contribution is -0.384. The number of benzene rings is 3. The molecular formula is C24H16N2O4. The van der Waals surface area contributed by atoms with Crippen LogP contribution in [0.15, 0.2) is 72.8 Å². The van der Waals surface area contributed by atoms with Gasteiger partial charge in [0.1, 0.15) is 5.69 Å². The Morgan fingerprint density at radius 2 is 1.07 bits per heavy atom. The molecule has 4 aliphatic rings. The molecule has 1 saturated heterocycles. The number of imide groups is 1. The molecule has 3 aliphatic carbocycles. The summed E-state index contributed by atoms with van der Waals surface area (Å²) in [5, 5.41) is 11.6. The predicted octanol–water partition coefficient (Wildman–Crippen LogP) is 3.99. The molecule has 2 bridgehead atoms. The van der Waals surface area contributed by atoms with Gasteiger partial charge in [-0.3, -0.25) is 19.7 Å². The second-order valence-electron chi connectivity index (χ2n) is 8.02. The van der Waals surface area contributed by atoms with E-state index >= 15 is 0 Å². The Labute approximate surface area is 171 Å². The second kappa shape index (κ2) is 5.86. The van der Waals surface area contributed by atoms with Crippen molar-refractivity contribution in [1.82, 2.24) is 0 Å². The summed E-state index contributed by atoms with van der Waals surface area (Å²) in [5.41, 5.74) is 4.13. The Bertz CT molecular complexity index is 1150. The number of nitro benzene ring substituents is 1. The number of nitrogens with zero attached hydrogens (tertiary/aromatic N) is 2. The van der Waals surface area contributed by atoms with Crippen molar-refractivity contribution in [3.05, 3.63) is 105 Å². The summed E-state index contributed by atoms with van der Waals surface area (Å²) in [6.45, 7) is 0. The smallest absolute Gasteiger partial charge is 0.274 e. The Hall–Kier alpha value is -3.80. The van der Waals surface area contributed by atoms with E-state index in [-0.39, 0.29) is 35.0 Å². The van der Waals surface area contributed by atoms with Crippen LogP contribution in [-0.4, -0.2) is 16.7 Å². The van der Waals surface area contributed by atoms with Gasteiger partial charge in [-0.1, -0.05) is 60.7 Å². The summed E-state index contributed by atoms with van der Waals surface area (Å²) in [5.74, 6) is -2.25. The van der Waals surface area contributed by atoms with Crippen LogP contribution in [0.25, 0.3) is 0 Å². The summed E-state index contributed by atoms with van der Waals surface area (Å²) in [7, 11) is 0. The first kappa shape index (κ1) is 17.1. The molecule has 1 aliphatic heterocycles. The molecule has 1 heterocycles. The van der Waals surface area contributed by atoms with E-state index in [0.29, 0.717) is 0 Å². The molecule has 0 saturated carbocycles. The van der Waals surface area contributed by atoms with E-state index in [4.69, 9.17) is 0 Å². The van der Waals surface area contributed by atoms with E-state index in [2.05, 4.69) is 0 Å². The number of nitro groups is 1. The molecule has 0 spiro atoms. The minimum Gasteiger partial charge on any atom is -0.274 e. The van der Waals surface area contributed by atoms with Crippen LogP contribution in [0.3, 0.4) is 0 Å². The highest BCUT2D eigenvalue weighted by atomic mass is 16.6. The number of rotatable bonds is 2. The van der Waals surface area contributed by atoms with Crippen LogP contribution in [0.5, 0.6) is 0 Å². The van der Waals surface area contributed by atoms with Gasteiger partial charge in [0.05, 0.1) is 16.8 Å². The molecule has 30 heavy (non-hydrogen) atoms. The summed E-state index contributed by atoms with van der Waals surface area (Å²) in [6, 6.07) is 21.9. The molecule has 6 nitrogen and oxygen atoms in total. The van der Waals surface area contributed by atoms with E-state index in [1.807, 2.05) is 48.5 Å². The number of para-hydroxylation sites is 2. The maximum Gasteiger partial charge on any atom is 0.293 e. The SMILES string of the molecule is O=C1[C@@H]2C3c4ccccc4C(c4ccccc43)[C@@H]2C(=O)N1c1ccccc1[N+](=O)[O-]. The third-order valence-electron chi connectivity index (χ3n) is 6.77. The van der Waals surface area contributed by atoms with Crippen LogP contribution in [0.1, 0.15) is 34.1 Å². The van der Waals surface area contributed by atoms with Crippen LogP contribution in [0.2, 0.25) is 0 Å². The van der Waals surface area contributed by atoms with Gasteiger partial charge in [0, 0.05) is 17.9 Å². The van der Waals surface area contributed by atoms with Gasteiger partial charge in [-0.15, -0.1) is 0 Å². The topological polar surface area (TPSA) is 80.5 Å². The monoisotopic (exact) mass is 396 g/mol. The van der Waals surface area contributed by atoms with Crippen LogP contribution in [0.4, 0.5) is 11.4 Å². The van der Waals surface area contributed by atoms with Crippen LogP contribution < -0.4 is 4.90 Å². The molecule has 146 valence electrons. The fraction of sp³-hybridized carbons (Fsp3) is 0.167. The zero-order valence-electron chi connectivity index (χ0n) is 15.8. The Balaban J connectivity index is 1.58. The minimum atomic E-state index is -0.549. The predicted molar refractivity (Wildman–Crippen MR) is 109 cm³/mol. The summed E-state index contributed by atoms with van der Waals surface area (Å²) in [4.78, 5) is 39.3. The molecule has 2 amide bonds. The Kier molecular flexibility index (Phi) is 3.34. The molecule has 0 radical (unpaired) electrons. The van der Waals surface area contributed by atoms with Gasteiger partial charge in [0.2, 0.25) is 11.8 Å². The van der Waals surface area contributed by atoms with Crippen molar-refractivity contribution >= 4 is 23.2 Å². The molecule has 6 heteroatoms. The van der Waals surface area contributed by atoms with Crippen molar-refractivity contribution in [2.45, 2.75) is 11.8 Å². The van der Waals surface area contributed by atoms with Gasteiger partial charge < -0.3 is 0 Å². The van der Waals surface area contributed by atoms with Crippen LogP contribution >= 0.6 is 0 Å². The summed E-state index contributed by atoms with van der Waals surface area (Å²) < 4.78 is 0. The average molecular weight is 396 g/mol. The van der Waals surface area contributed by atoms with Crippen molar-refractivity contribution in [3.63, 3.8) is 0 Å². The van der Waals surface area contributed by atoms with E-state index in [9.17, 15) is 19.7 Å². The lowest BCUT2D eigenvalue weighted by atomic mass is 9.55. The first-order valence-electron chi connectivity index (χ1n) is 9.88. The van der Waals surface area contributed by atoms with Crippen LogP contribution in [0, 0.1) is 22.0 Å². The van der Waals surface area contributed by atoms with Gasteiger partial charge in [-0.05, 0) is 28.3 Å². The normalized spacial score (nSPS) is 25.7. The summed E-state index contributed by atoms with van der Waals surface area (Å²) in [6.07, 6.45) is 0. The van der Waals surface area contributed by atoms with Crippen molar-refractivity contribution in [2.75, 3.05) is 4.90 Å². The molecule has 0 aromatic heterocycles. The van der Waals surface area contributed by atoms with Crippen LogP contribution in [-0.2, 0) is 9.59 Å². The van der Waals surface area contributed by atoms with Gasteiger partial charge in [0.15, 0.2) is 0 Å². The Morgan fingerprint density at radius 1 is 0.667 bits per heavy atom. The third kappa shape index (κ3) is 1.98. The third-order valence-corrected chi connectivity index (χ3v) is 6.77.